The number of rotatable bonds is 9. The Kier molecular flexibility index (Phi) is 8.39. The normalized spacial score (nSPS) is 19.0. The fraction of sp³-hybridized carbons (Fsp3) is 0.591. The maximum atomic E-state index is 12.6. The van der Waals surface area contributed by atoms with E-state index in [0.29, 0.717) is 38.6 Å². The molecule has 0 aromatic heterocycles. The predicted octanol–water partition coefficient (Wildman–Crippen LogP) is -0.162. The zero-order valence-electron chi connectivity index (χ0n) is 18.1. The van der Waals surface area contributed by atoms with Gasteiger partial charge in [0, 0.05) is 25.4 Å². The summed E-state index contributed by atoms with van der Waals surface area (Å²) in [6.07, 6.45) is 0.300. The van der Waals surface area contributed by atoms with Crippen LogP contribution in [0.15, 0.2) is 24.3 Å². The van der Waals surface area contributed by atoms with Gasteiger partial charge in [-0.25, -0.2) is 4.79 Å². The molecule has 2 heterocycles. The van der Waals surface area contributed by atoms with Gasteiger partial charge in [0.2, 0.25) is 11.8 Å². The minimum Gasteiger partial charge on any atom is -0.467 e. The summed E-state index contributed by atoms with van der Waals surface area (Å²) in [5, 5.41) is 5.39. The number of nitrogens with one attached hydrogen (secondary N) is 2. The van der Waals surface area contributed by atoms with E-state index in [-0.39, 0.29) is 12.5 Å². The summed E-state index contributed by atoms with van der Waals surface area (Å²) < 4.78 is 15.3. The van der Waals surface area contributed by atoms with E-state index < -0.39 is 24.0 Å². The highest BCUT2D eigenvalue weighted by Gasteiger charge is 2.26. The van der Waals surface area contributed by atoms with Crippen LogP contribution in [0.1, 0.15) is 24.0 Å². The van der Waals surface area contributed by atoms with Crippen LogP contribution < -0.4 is 10.6 Å². The van der Waals surface area contributed by atoms with Gasteiger partial charge in [-0.1, -0.05) is 24.3 Å². The van der Waals surface area contributed by atoms with Crippen molar-refractivity contribution >= 4 is 17.8 Å². The second kappa shape index (κ2) is 11.2. The number of carbonyl (C=O) groups is 3. The molecule has 170 valence electrons. The highest BCUT2D eigenvalue weighted by atomic mass is 16.5. The van der Waals surface area contributed by atoms with Crippen LogP contribution in [0.3, 0.4) is 0 Å². The maximum absolute atomic E-state index is 12.6. The molecule has 0 aliphatic carbocycles. The predicted molar refractivity (Wildman–Crippen MR) is 113 cm³/mol. The van der Waals surface area contributed by atoms with Gasteiger partial charge in [-0.05, 0) is 18.1 Å². The molecule has 2 N–H and O–H groups in total. The first-order valence-corrected chi connectivity index (χ1v) is 10.6. The molecule has 0 spiro atoms. The Hall–Kier alpha value is -2.49. The van der Waals surface area contributed by atoms with Gasteiger partial charge in [0.25, 0.3) is 0 Å². The van der Waals surface area contributed by atoms with E-state index in [9.17, 15) is 14.4 Å². The van der Waals surface area contributed by atoms with Gasteiger partial charge in [0.1, 0.15) is 12.1 Å². The molecule has 2 fully saturated rings. The first-order chi connectivity index (χ1) is 15.0. The summed E-state index contributed by atoms with van der Waals surface area (Å²) in [7, 11) is 1.29. The number of ether oxygens (including phenoxy) is 3. The Morgan fingerprint density at radius 1 is 1.10 bits per heavy atom. The van der Waals surface area contributed by atoms with E-state index in [1.165, 1.54) is 12.7 Å². The molecular weight excluding hydrogens is 402 g/mol. The standard InChI is InChI=1S/C22H31N3O6/c1-15(23-20(26)12-25-7-9-30-10-8-25)21(27)24-19(22(28)29-2)11-16-3-5-17(6-4-16)18-13-31-14-18/h3-6,15,18-19H,7-14H2,1-2H3,(H,23,26)(H,24,27)/t15-,19-/m0/s1. The molecule has 2 atom stereocenters. The van der Waals surface area contributed by atoms with Crippen molar-refractivity contribution < 1.29 is 28.6 Å². The molecule has 31 heavy (non-hydrogen) atoms. The van der Waals surface area contributed by atoms with Crippen LogP contribution in [0, 0.1) is 0 Å². The van der Waals surface area contributed by atoms with Gasteiger partial charge in [-0.3, -0.25) is 14.5 Å². The Morgan fingerprint density at radius 2 is 1.77 bits per heavy atom. The second-order valence-corrected chi connectivity index (χ2v) is 7.94. The lowest BCUT2D eigenvalue weighted by Gasteiger charge is -2.27. The van der Waals surface area contributed by atoms with Gasteiger partial charge in [-0.2, -0.15) is 0 Å². The highest BCUT2D eigenvalue weighted by Crippen LogP contribution is 2.24. The summed E-state index contributed by atoms with van der Waals surface area (Å²) in [5.41, 5.74) is 2.11. The van der Waals surface area contributed by atoms with E-state index in [0.717, 1.165) is 18.8 Å². The summed E-state index contributed by atoms with van der Waals surface area (Å²) in [5.74, 6) is -0.785. The number of methoxy groups -OCH3 is 1. The Morgan fingerprint density at radius 3 is 2.35 bits per heavy atom. The lowest BCUT2D eigenvalue weighted by atomic mass is 9.95. The molecule has 2 aliphatic heterocycles. The van der Waals surface area contributed by atoms with Crippen LogP contribution in [-0.2, 0) is 35.0 Å². The summed E-state index contributed by atoms with van der Waals surface area (Å²) in [6, 6.07) is 6.32. The number of esters is 1. The molecule has 1 aromatic carbocycles. The lowest BCUT2D eigenvalue weighted by Crippen LogP contribution is -2.53. The van der Waals surface area contributed by atoms with Crippen LogP contribution in [0.25, 0.3) is 0 Å². The zero-order chi connectivity index (χ0) is 22.2. The maximum Gasteiger partial charge on any atom is 0.328 e. The van der Waals surface area contributed by atoms with Crippen LogP contribution in [-0.4, -0.2) is 87.9 Å². The third-order valence-electron chi connectivity index (χ3n) is 5.57. The quantitative estimate of drug-likeness (QED) is 0.521. The van der Waals surface area contributed by atoms with Gasteiger partial charge < -0.3 is 24.8 Å². The van der Waals surface area contributed by atoms with E-state index in [1.807, 2.05) is 29.2 Å². The summed E-state index contributed by atoms with van der Waals surface area (Å²) in [4.78, 5) is 39.0. The fourth-order valence-electron chi connectivity index (χ4n) is 3.54. The third kappa shape index (κ3) is 6.75. The fourth-order valence-corrected chi connectivity index (χ4v) is 3.54. The smallest absolute Gasteiger partial charge is 0.328 e. The zero-order valence-corrected chi connectivity index (χ0v) is 18.1. The average molecular weight is 434 g/mol. The molecule has 9 nitrogen and oxygen atoms in total. The number of nitrogens with zero attached hydrogens (tertiary/aromatic N) is 1. The van der Waals surface area contributed by atoms with Crippen molar-refractivity contribution in [1.82, 2.24) is 15.5 Å². The molecule has 3 rings (SSSR count). The van der Waals surface area contributed by atoms with Crippen molar-refractivity contribution in [2.75, 3.05) is 53.2 Å². The van der Waals surface area contributed by atoms with Crippen LogP contribution in [0.2, 0.25) is 0 Å². The van der Waals surface area contributed by atoms with Crippen molar-refractivity contribution in [3.63, 3.8) is 0 Å². The third-order valence-corrected chi connectivity index (χ3v) is 5.57. The largest absolute Gasteiger partial charge is 0.467 e. The number of amides is 2. The van der Waals surface area contributed by atoms with Crippen molar-refractivity contribution in [3.05, 3.63) is 35.4 Å². The number of carbonyl (C=O) groups excluding carboxylic acids is 3. The molecule has 0 saturated carbocycles. The van der Waals surface area contributed by atoms with E-state index in [4.69, 9.17) is 14.2 Å². The van der Waals surface area contributed by atoms with Crippen molar-refractivity contribution in [3.8, 4) is 0 Å². The van der Waals surface area contributed by atoms with E-state index >= 15 is 0 Å². The van der Waals surface area contributed by atoms with Gasteiger partial charge in [0.15, 0.2) is 0 Å². The lowest BCUT2D eigenvalue weighted by molar-refractivity contribution is -0.145. The van der Waals surface area contributed by atoms with Crippen molar-refractivity contribution in [1.29, 1.82) is 0 Å². The minimum atomic E-state index is -0.839. The Balaban J connectivity index is 1.52. The van der Waals surface area contributed by atoms with Crippen LogP contribution >= 0.6 is 0 Å². The van der Waals surface area contributed by atoms with Gasteiger partial charge >= 0.3 is 5.97 Å². The molecule has 1 aromatic rings. The first-order valence-electron chi connectivity index (χ1n) is 10.6. The van der Waals surface area contributed by atoms with Gasteiger partial charge in [0.05, 0.1) is 40.1 Å². The van der Waals surface area contributed by atoms with Crippen LogP contribution in [0.5, 0.6) is 0 Å². The average Bonchev–Trinajstić information content (AvgIpc) is 2.73. The van der Waals surface area contributed by atoms with E-state index in [2.05, 4.69) is 10.6 Å². The molecule has 2 saturated heterocycles. The Labute approximate surface area is 182 Å². The highest BCUT2D eigenvalue weighted by molar-refractivity contribution is 5.91. The Bertz CT molecular complexity index is 759. The summed E-state index contributed by atoms with van der Waals surface area (Å²) >= 11 is 0. The summed E-state index contributed by atoms with van der Waals surface area (Å²) in [6.45, 7) is 5.83. The molecule has 9 heteroatoms. The number of benzene rings is 1. The second-order valence-electron chi connectivity index (χ2n) is 7.94. The molecule has 0 bridgehead atoms. The number of hydrogen-bond acceptors (Lipinski definition) is 7. The van der Waals surface area contributed by atoms with Crippen molar-refractivity contribution in [2.45, 2.75) is 31.3 Å². The molecular formula is C22H31N3O6. The molecule has 0 unspecified atom stereocenters. The first kappa shape index (κ1) is 23.2. The molecule has 0 radical (unpaired) electrons. The van der Waals surface area contributed by atoms with E-state index in [1.54, 1.807) is 6.92 Å². The molecule has 2 aliphatic rings. The topological polar surface area (TPSA) is 106 Å². The monoisotopic (exact) mass is 433 g/mol. The molecule has 2 amide bonds. The minimum absolute atomic E-state index is 0.208. The number of hydrogen-bond donors (Lipinski definition) is 2. The number of morpholine rings is 1. The van der Waals surface area contributed by atoms with Gasteiger partial charge in [-0.15, -0.1) is 0 Å². The SMILES string of the molecule is COC(=O)[C@H](Cc1ccc(C2COC2)cc1)NC(=O)[C@H](C)NC(=O)CN1CCOCC1. The van der Waals surface area contributed by atoms with Crippen molar-refractivity contribution in [2.24, 2.45) is 0 Å². The van der Waals surface area contributed by atoms with Crippen LogP contribution in [0.4, 0.5) is 0 Å².